The molecule has 0 atom stereocenters. The minimum Gasteiger partial charge on any atom is -0.508 e. The summed E-state index contributed by atoms with van der Waals surface area (Å²) < 4.78 is 0. The van der Waals surface area contributed by atoms with Crippen LogP contribution in [0.5, 0.6) is 0 Å². The molecular formula is C11H15NO2. The monoisotopic (exact) mass is 193 g/mol. The molecule has 3 heteroatoms. The normalized spacial score (nSPS) is 9.14. The smallest absolute Gasteiger partial charge is 0.163 e. The van der Waals surface area contributed by atoms with E-state index in [1.54, 1.807) is 6.07 Å². The number of allylic oxidation sites excluding steroid dienone is 3. The summed E-state index contributed by atoms with van der Waals surface area (Å²) in [6.45, 7) is 11.8. The van der Waals surface area contributed by atoms with Crippen LogP contribution < -0.4 is 0 Å². The van der Waals surface area contributed by atoms with Crippen LogP contribution in [0, 0.1) is 11.3 Å². The Labute approximate surface area is 84.7 Å². The Kier molecular flexibility index (Phi) is 8.20. The SMILES string of the molecule is C=C(C#N)/C=C(\C(=C)O)C(C)=O.CC. The Morgan fingerprint density at radius 3 is 2.07 bits per heavy atom. The van der Waals surface area contributed by atoms with Crippen LogP contribution in [0.1, 0.15) is 20.8 Å². The van der Waals surface area contributed by atoms with E-state index in [1.807, 2.05) is 13.8 Å². The second kappa shape index (κ2) is 7.81. The van der Waals surface area contributed by atoms with E-state index in [-0.39, 0.29) is 22.7 Å². The Hall–Kier alpha value is -1.82. The first-order chi connectivity index (χ1) is 6.49. The molecule has 0 bridgehead atoms. The lowest BCUT2D eigenvalue weighted by atomic mass is 10.1. The van der Waals surface area contributed by atoms with Crippen LogP contribution in [-0.2, 0) is 4.79 Å². The zero-order valence-corrected chi connectivity index (χ0v) is 8.79. The number of carbonyl (C=O) groups excluding carboxylic acids is 1. The predicted molar refractivity (Wildman–Crippen MR) is 56.6 cm³/mol. The third kappa shape index (κ3) is 5.78. The molecule has 0 amide bonds. The van der Waals surface area contributed by atoms with E-state index in [2.05, 4.69) is 13.2 Å². The van der Waals surface area contributed by atoms with Crippen LogP contribution in [0.2, 0.25) is 0 Å². The van der Waals surface area contributed by atoms with Crippen molar-refractivity contribution in [1.29, 1.82) is 5.26 Å². The largest absolute Gasteiger partial charge is 0.508 e. The molecule has 0 aliphatic carbocycles. The second-order valence-electron chi connectivity index (χ2n) is 2.20. The number of hydrogen-bond acceptors (Lipinski definition) is 3. The summed E-state index contributed by atoms with van der Waals surface area (Å²) in [7, 11) is 0. The lowest BCUT2D eigenvalue weighted by molar-refractivity contribution is -0.113. The van der Waals surface area contributed by atoms with Gasteiger partial charge in [-0.1, -0.05) is 27.0 Å². The average molecular weight is 193 g/mol. The minimum atomic E-state index is -0.348. The van der Waals surface area contributed by atoms with Crippen molar-refractivity contribution in [2.24, 2.45) is 0 Å². The maximum Gasteiger partial charge on any atom is 0.163 e. The van der Waals surface area contributed by atoms with Crippen LogP contribution in [-0.4, -0.2) is 10.9 Å². The van der Waals surface area contributed by atoms with Gasteiger partial charge < -0.3 is 5.11 Å². The third-order valence-corrected chi connectivity index (χ3v) is 1.15. The number of rotatable bonds is 3. The van der Waals surface area contributed by atoms with E-state index in [0.29, 0.717) is 0 Å². The van der Waals surface area contributed by atoms with E-state index in [4.69, 9.17) is 10.4 Å². The highest BCUT2D eigenvalue weighted by atomic mass is 16.3. The molecule has 14 heavy (non-hydrogen) atoms. The zero-order valence-electron chi connectivity index (χ0n) is 8.79. The first-order valence-electron chi connectivity index (χ1n) is 4.19. The summed E-state index contributed by atoms with van der Waals surface area (Å²) >= 11 is 0. The number of aliphatic hydroxyl groups is 1. The van der Waals surface area contributed by atoms with Crippen LogP contribution in [0.15, 0.2) is 36.1 Å². The topological polar surface area (TPSA) is 61.1 Å². The Morgan fingerprint density at radius 2 is 1.86 bits per heavy atom. The van der Waals surface area contributed by atoms with E-state index in [0.717, 1.165) is 0 Å². The van der Waals surface area contributed by atoms with Gasteiger partial charge in [0.15, 0.2) is 5.78 Å². The summed E-state index contributed by atoms with van der Waals surface area (Å²) in [6.07, 6.45) is 1.20. The van der Waals surface area contributed by atoms with Gasteiger partial charge in [0.05, 0.1) is 11.6 Å². The van der Waals surface area contributed by atoms with Gasteiger partial charge in [-0.3, -0.25) is 4.79 Å². The standard InChI is InChI=1S/C9H9NO2.C2H6/c1-6(5-10)4-9(7(2)11)8(3)12;1-2/h4,11H,1-2H2,3H3;1-2H3/b9-4+;. The van der Waals surface area contributed by atoms with E-state index in [1.165, 1.54) is 13.0 Å². The van der Waals surface area contributed by atoms with Gasteiger partial charge in [0.25, 0.3) is 0 Å². The van der Waals surface area contributed by atoms with Gasteiger partial charge in [0.1, 0.15) is 5.76 Å². The first kappa shape index (κ1) is 14.7. The molecule has 0 aliphatic rings. The molecule has 0 aliphatic heterocycles. The summed E-state index contributed by atoms with van der Waals surface area (Å²) in [5, 5.41) is 17.2. The highest BCUT2D eigenvalue weighted by Crippen LogP contribution is 2.08. The molecular weight excluding hydrogens is 178 g/mol. The molecule has 0 aromatic heterocycles. The molecule has 0 aromatic rings. The molecule has 0 unspecified atom stereocenters. The van der Waals surface area contributed by atoms with Crippen molar-refractivity contribution < 1.29 is 9.90 Å². The van der Waals surface area contributed by atoms with Gasteiger partial charge >= 0.3 is 0 Å². The summed E-state index contributed by atoms with van der Waals surface area (Å²) in [5.74, 6) is -0.696. The number of carbonyl (C=O) groups is 1. The molecule has 0 radical (unpaired) electrons. The molecule has 0 spiro atoms. The van der Waals surface area contributed by atoms with Gasteiger partial charge in [-0.05, 0) is 13.0 Å². The van der Waals surface area contributed by atoms with Crippen molar-refractivity contribution in [2.45, 2.75) is 20.8 Å². The number of nitrogens with zero attached hydrogens (tertiary/aromatic N) is 1. The lowest BCUT2D eigenvalue weighted by Gasteiger charge is -1.98. The van der Waals surface area contributed by atoms with Crippen molar-refractivity contribution in [3.05, 3.63) is 36.1 Å². The van der Waals surface area contributed by atoms with Crippen LogP contribution >= 0.6 is 0 Å². The van der Waals surface area contributed by atoms with Crippen molar-refractivity contribution in [2.75, 3.05) is 0 Å². The maximum absolute atomic E-state index is 10.8. The van der Waals surface area contributed by atoms with Crippen LogP contribution in [0.4, 0.5) is 0 Å². The third-order valence-electron chi connectivity index (χ3n) is 1.15. The average Bonchev–Trinajstić information content (AvgIpc) is 2.15. The van der Waals surface area contributed by atoms with Gasteiger partial charge in [0.2, 0.25) is 0 Å². The first-order valence-corrected chi connectivity index (χ1v) is 4.19. The molecule has 0 fully saturated rings. The molecule has 3 nitrogen and oxygen atoms in total. The van der Waals surface area contributed by atoms with Gasteiger partial charge in [-0.25, -0.2) is 0 Å². The van der Waals surface area contributed by atoms with E-state index in [9.17, 15) is 4.79 Å². The fraction of sp³-hybridized carbons (Fsp3) is 0.273. The number of nitriles is 1. The van der Waals surface area contributed by atoms with Crippen molar-refractivity contribution in [3.63, 3.8) is 0 Å². The van der Waals surface area contributed by atoms with Crippen molar-refractivity contribution >= 4 is 5.78 Å². The maximum atomic E-state index is 10.8. The highest BCUT2D eigenvalue weighted by molar-refractivity contribution is 5.97. The lowest BCUT2D eigenvalue weighted by Crippen LogP contribution is -1.99. The van der Waals surface area contributed by atoms with Crippen LogP contribution in [0.25, 0.3) is 0 Å². The molecule has 0 saturated carbocycles. The summed E-state index contributed by atoms with van der Waals surface area (Å²) in [4.78, 5) is 10.8. The van der Waals surface area contributed by atoms with Crippen molar-refractivity contribution in [1.82, 2.24) is 0 Å². The second-order valence-corrected chi connectivity index (χ2v) is 2.20. The van der Waals surface area contributed by atoms with Crippen LogP contribution in [0.3, 0.4) is 0 Å². The molecule has 0 saturated heterocycles. The summed E-state index contributed by atoms with van der Waals surface area (Å²) in [5.41, 5.74) is 0.122. The number of Topliss-reactive ketones (excluding diaryl/α,β-unsaturated/α-hetero) is 1. The highest BCUT2D eigenvalue weighted by Gasteiger charge is 2.06. The van der Waals surface area contributed by atoms with Gasteiger partial charge in [-0.2, -0.15) is 5.26 Å². The van der Waals surface area contributed by atoms with Gasteiger partial charge in [-0.15, -0.1) is 0 Å². The quantitative estimate of drug-likeness (QED) is 0.324. The Balaban J connectivity index is 0. The molecule has 0 rings (SSSR count). The predicted octanol–water partition coefficient (Wildman–Crippen LogP) is 2.68. The molecule has 0 heterocycles. The molecule has 76 valence electrons. The number of hydrogen-bond donors (Lipinski definition) is 1. The fourth-order valence-corrected chi connectivity index (χ4v) is 0.595. The van der Waals surface area contributed by atoms with Crippen molar-refractivity contribution in [3.8, 4) is 6.07 Å². The number of aliphatic hydroxyl groups excluding tert-OH is 1. The Bertz CT molecular complexity index is 290. The molecule has 1 N–H and O–H groups in total. The van der Waals surface area contributed by atoms with Gasteiger partial charge in [0, 0.05) is 5.57 Å². The Morgan fingerprint density at radius 1 is 1.43 bits per heavy atom. The minimum absolute atomic E-state index is 0.0153. The fourth-order valence-electron chi connectivity index (χ4n) is 0.595. The van der Waals surface area contributed by atoms with E-state index >= 15 is 0 Å². The summed E-state index contributed by atoms with van der Waals surface area (Å²) in [6, 6.07) is 1.73. The number of ketones is 1. The zero-order chi connectivity index (χ0) is 11.7. The molecule has 0 aromatic carbocycles. The van der Waals surface area contributed by atoms with E-state index < -0.39 is 0 Å².